The summed E-state index contributed by atoms with van der Waals surface area (Å²) in [6, 6.07) is 53.0. The molecule has 0 N–H and O–H groups in total. The first-order valence-corrected chi connectivity index (χ1v) is 15.8. The Hall–Kier alpha value is -5.51. The number of imidazole rings is 1. The Bertz CT molecular complexity index is 2780. The van der Waals surface area contributed by atoms with Crippen molar-refractivity contribution in [1.82, 2.24) is 9.38 Å². The zero-order valence-electron chi connectivity index (χ0n) is 23.7. The zero-order valence-corrected chi connectivity index (χ0v) is 24.5. The van der Waals surface area contributed by atoms with E-state index < -0.39 is 0 Å². The highest BCUT2D eigenvalue weighted by Gasteiger charge is 2.17. The van der Waals surface area contributed by atoms with Gasteiger partial charge in [0.2, 0.25) is 0 Å². The van der Waals surface area contributed by atoms with Crippen LogP contribution in [0, 0.1) is 0 Å². The molecule has 0 spiro atoms. The molecule has 3 heterocycles. The molecule has 2 nitrogen and oxygen atoms in total. The van der Waals surface area contributed by atoms with Crippen LogP contribution in [-0.4, -0.2) is 9.38 Å². The van der Waals surface area contributed by atoms with Gasteiger partial charge in [0.25, 0.3) is 0 Å². The Morgan fingerprint density at radius 1 is 0.477 bits per heavy atom. The van der Waals surface area contributed by atoms with Crippen LogP contribution in [0.2, 0.25) is 0 Å². The van der Waals surface area contributed by atoms with E-state index in [0.29, 0.717) is 0 Å². The van der Waals surface area contributed by atoms with Gasteiger partial charge in [0.1, 0.15) is 5.65 Å². The van der Waals surface area contributed by atoms with Gasteiger partial charge < -0.3 is 0 Å². The van der Waals surface area contributed by atoms with Crippen LogP contribution in [0.1, 0.15) is 0 Å². The average molecular weight is 577 g/mol. The van der Waals surface area contributed by atoms with Crippen molar-refractivity contribution in [2.24, 2.45) is 0 Å². The third-order valence-corrected chi connectivity index (χ3v) is 10.4. The molecular weight excluding hydrogens is 553 g/mol. The molecule has 0 bridgehead atoms. The normalized spacial score (nSPS) is 12.1. The van der Waals surface area contributed by atoms with Crippen LogP contribution in [0.3, 0.4) is 0 Å². The van der Waals surface area contributed by atoms with Crippen molar-refractivity contribution in [2.45, 2.75) is 0 Å². The summed E-state index contributed by atoms with van der Waals surface area (Å²) in [5, 5.41) is 8.84. The van der Waals surface area contributed by atoms with Crippen LogP contribution in [0.4, 0.5) is 0 Å². The molecule has 44 heavy (non-hydrogen) atoms. The van der Waals surface area contributed by atoms with Crippen LogP contribution in [0.15, 0.2) is 146 Å². The number of para-hydroxylation sites is 2. The summed E-state index contributed by atoms with van der Waals surface area (Å²) in [6.45, 7) is 0. The molecule has 0 atom stereocenters. The minimum atomic E-state index is 1.00. The fourth-order valence-corrected chi connectivity index (χ4v) is 8.39. The first-order valence-electron chi connectivity index (χ1n) is 15.0. The van der Waals surface area contributed by atoms with Crippen molar-refractivity contribution < 1.29 is 0 Å². The second-order valence-electron chi connectivity index (χ2n) is 11.6. The topological polar surface area (TPSA) is 17.3 Å². The predicted molar refractivity (Wildman–Crippen MR) is 189 cm³/mol. The quantitative estimate of drug-likeness (QED) is 0.187. The van der Waals surface area contributed by atoms with Crippen LogP contribution in [-0.2, 0) is 0 Å². The van der Waals surface area contributed by atoms with Gasteiger partial charge in [-0.25, -0.2) is 4.98 Å². The number of fused-ring (bicyclic) bond motifs is 13. The highest BCUT2D eigenvalue weighted by atomic mass is 32.1. The molecule has 0 fully saturated rings. The number of hydrogen-bond acceptors (Lipinski definition) is 2. The molecule has 0 unspecified atom stereocenters. The van der Waals surface area contributed by atoms with Gasteiger partial charge in [-0.2, -0.15) is 0 Å². The van der Waals surface area contributed by atoms with Crippen molar-refractivity contribution in [3.8, 4) is 22.3 Å². The van der Waals surface area contributed by atoms with Crippen molar-refractivity contribution in [2.75, 3.05) is 0 Å². The molecule has 0 saturated carbocycles. The molecule has 10 rings (SSSR count). The lowest BCUT2D eigenvalue weighted by Gasteiger charge is -2.14. The first-order chi connectivity index (χ1) is 21.8. The van der Waals surface area contributed by atoms with E-state index in [0.717, 1.165) is 16.7 Å². The summed E-state index contributed by atoms with van der Waals surface area (Å²) >= 11 is 1.88. The zero-order chi connectivity index (χ0) is 28.8. The third kappa shape index (κ3) is 3.33. The Labute approximate surface area is 257 Å². The molecule has 0 aliphatic heterocycles. The lowest BCUT2D eigenvalue weighted by Crippen LogP contribution is -1.93. The third-order valence-electron chi connectivity index (χ3n) is 9.15. The summed E-state index contributed by atoms with van der Waals surface area (Å²) in [6.07, 6.45) is 0. The summed E-state index contributed by atoms with van der Waals surface area (Å²) in [7, 11) is 0. The van der Waals surface area contributed by atoms with Gasteiger partial charge in [-0.3, -0.25) is 4.40 Å². The van der Waals surface area contributed by atoms with Crippen molar-refractivity contribution in [3.63, 3.8) is 0 Å². The molecule has 0 aliphatic carbocycles. The van der Waals surface area contributed by atoms with Gasteiger partial charge in [0, 0.05) is 36.3 Å². The Morgan fingerprint density at radius 2 is 1.23 bits per heavy atom. The fraction of sp³-hybridized carbons (Fsp3) is 0. The van der Waals surface area contributed by atoms with E-state index in [9.17, 15) is 0 Å². The van der Waals surface area contributed by atoms with Crippen LogP contribution in [0.25, 0.3) is 91.6 Å². The second kappa shape index (κ2) is 9.00. The van der Waals surface area contributed by atoms with E-state index in [2.05, 4.69) is 150 Å². The number of benzene rings is 7. The van der Waals surface area contributed by atoms with E-state index in [4.69, 9.17) is 4.98 Å². The molecule has 7 aromatic carbocycles. The molecule has 204 valence electrons. The van der Waals surface area contributed by atoms with E-state index in [1.165, 1.54) is 74.9 Å². The largest absolute Gasteiger partial charge is 0.292 e. The van der Waals surface area contributed by atoms with Gasteiger partial charge in [0.15, 0.2) is 0 Å². The second-order valence-corrected chi connectivity index (χ2v) is 12.6. The van der Waals surface area contributed by atoms with E-state index in [1.54, 1.807) is 0 Å². The van der Waals surface area contributed by atoms with Crippen molar-refractivity contribution in [3.05, 3.63) is 146 Å². The molecule has 0 amide bonds. The SMILES string of the molecule is c1cc(-c2ccc3c4c5ccccc5ccc4c4nc5ccccc5n4c3c2)cc(-c2cccc3c2sc2ccccc23)c1. The van der Waals surface area contributed by atoms with Crippen molar-refractivity contribution in [1.29, 1.82) is 0 Å². The smallest absolute Gasteiger partial charge is 0.146 e. The van der Waals surface area contributed by atoms with Gasteiger partial charge in [0.05, 0.1) is 16.6 Å². The van der Waals surface area contributed by atoms with Gasteiger partial charge in [-0.15, -0.1) is 11.3 Å². The fourth-order valence-electron chi connectivity index (χ4n) is 7.15. The van der Waals surface area contributed by atoms with E-state index >= 15 is 0 Å². The summed E-state index contributed by atoms with van der Waals surface area (Å²) in [5.41, 5.74) is 9.24. The van der Waals surface area contributed by atoms with E-state index in [1.807, 2.05) is 11.3 Å². The predicted octanol–water partition coefficient (Wildman–Crippen LogP) is 11.6. The molecule has 0 saturated heterocycles. The average Bonchev–Trinajstić information content (AvgIpc) is 3.67. The molecule has 3 aromatic heterocycles. The summed E-state index contributed by atoms with van der Waals surface area (Å²) in [4.78, 5) is 5.17. The standard InChI is InChI=1S/C41H24N2S/c1-2-12-29-25(9-1)19-22-34-39(29)33-21-20-27(24-37(33)43-36-17-5-4-16-35(36)42-41(34)43)26-10-7-11-28(23-26)30-14-8-15-32-31-13-3-6-18-38(31)44-40(30)32/h1-24H. The monoisotopic (exact) mass is 576 g/mol. The maximum absolute atomic E-state index is 5.17. The lowest BCUT2D eigenvalue weighted by molar-refractivity contribution is 1.32. The Balaban J connectivity index is 1.25. The molecular formula is C41H24N2S. The first kappa shape index (κ1) is 24.0. The van der Waals surface area contributed by atoms with Crippen LogP contribution < -0.4 is 0 Å². The van der Waals surface area contributed by atoms with Gasteiger partial charge >= 0.3 is 0 Å². The number of hydrogen-bond donors (Lipinski definition) is 0. The molecule has 0 aliphatic rings. The van der Waals surface area contributed by atoms with Crippen LogP contribution >= 0.6 is 11.3 Å². The number of pyridine rings is 1. The maximum Gasteiger partial charge on any atom is 0.146 e. The number of rotatable bonds is 2. The highest BCUT2D eigenvalue weighted by Crippen LogP contribution is 2.42. The Kier molecular flexibility index (Phi) is 4.90. The minimum Gasteiger partial charge on any atom is -0.292 e. The number of nitrogens with zero attached hydrogens (tertiary/aromatic N) is 2. The van der Waals surface area contributed by atoms with E-state index in [-0.39, 0.29) is 0 Å². The lowest BCUT2D eigenvalue weighted by atomic mass is 9.95. The Morgan fingerprint density at radius 3 is 2.20 bits per heavy atom. The van der Waals surface area contributed by atoms with Gasteiger partial charge in [-0.05, 0) is 69.4 Å². The summed E-state index contributed by atoms with van der Waals surface area (Å²) in [5.74, 6) is 0. The molecule has 0 radical (unpaired) electrons. The molecule has 3 heteroatoms. The number of thiophene rings is 1. The number of aromatic nitrogens is 2. The van der Waals surface area contributed by atoms with Gasteiger partial charge in [-0.1, -0.05) is 109 Å². The summed E-state index contributed by atoms with van der Waals surface area (Å²) < 4.78 is 5.03. The van der Waals surface area contributed by atoms with Crippen molar-refractivity contribution >= 4 is 80.6 Å². The maximum atomic E-state index is 5.17. The minimum absolute atomic E-state index is 1.00. The highest BCUT2D eigenvalue weighted by molar-refractivity contribution is 7.26. The molecule has 10 aromatic rings. The van der Waals surface area contributed by atoms with Crippen LogP contribution in [0.5, 0.6) is 0 Å².